The summed E-state index contributed by atoms with van der Waals surface area (Å²) in [6.07, 6.45) is 1.30. The first-order chi connectivity index (χ1) is 9.97. The van der Waals surface area contributed by atoms with Gasteiger partial charge in [-0.1, -0.05) is 22.9 Å². The average molecular weight is 309 g/mol. The molecule has 110 valence electrons. The van der Waals surface area contributed by atoms with Gasteiger partial charge < -0.3 is 10.4 Å². The van der Waals surface area contributed by atoms with Crippen LogP contribution in [0.25, 0.3) is 0 Å². The van der Waals surface area contributed by atoms with Crippen molar-refractivity contribution in [2.24, 2.45) is 0 Å². The number of carbonyl (C=O) groups excluding carboxylic acids is 1. The fourth-order valence-corrected chi connectivity index (χ4v) is 1.81. The number of aryl methyl sites for hydroxylation is 1. The highest BCUT2D eigenvalue weighted by Gasteiger charge is 2.09. The number of carbonyl (C=O) groups is 2. The highest BCUT2D eigenvalue weighted by molar-refractivity contribution is 6.31. The van der Waals surface area contributed by atoms with Gasteiger partial charge in [0.1, 0.15) is 0 Å². The zero-order valence-corrected chi connectivity index (χ0v) is 12.0. The Hall–Kier alpha value is -2.41. The lowest BCUT2D eigenvalue weighted by molar-refractivity contribution is 0.0690. The maximum atomic E-state index is 11.9. The van der Waals surface area contributed by atoms with Gasteiger partial charge in [0.15, 0.2) is 5.69 Å². The van der Waals surface area contributed by atoms with E-state index in [1.165, 1.54) is 10.9 Å². The van der Waals surface area contributed by atoms with E-state index in [-0.39, 0.29) is 11.6 Å². The van der Waals surface area contributed by atoms with Crippen molar-refractivity contribution in [2.75, 3.05) is 6.54 Å². The molecule has 0 atom stereocenters. The minimum Gasteiger partial charge on any atom is -0.476 e. The van der Waals surface area contributed by atoms with Gasteiger partial charge in [-0.05, 0) is 24.6 Å². The summed E-state index contributed by atoms with van der Waals surface area (Å²) in [6.45, 7) is 2.48. The Kier molecular flexibility index (Phi) is 4.54. The van der Waals surface area contributed by atoms with Crippen LogP contribution in [0.2, 0.25) is 5.02 Å². The molecule has 0 saturated carbocycles. The molecule has 0 aliphatic rings. The van der Waals surface area contributed by atoms with Crippen molar-refractivity contribution in [3.8, 4) is 0 Å². The SMILES string of the molecule is Cc1ccc(C(=O)NCCn2cc(C(=O)O)nn2)cc1Cl. The second-order valence-corrected chi connectivity index (χ2v) is 4.80. The highest BCUT2D eigenvalue weighted by Crippen LogP contribution is 2.16. The first-order valence-corrected chi connectivity index (χ1v) is 6.53. The number of aromatic nitrogens is 3. The van der Waals surface area contributed by atoms with Crippen LogP contribution >= 0.6 is 11.6 Å². The predicted octanol–water partition coefficient (Wildman–Crippen LogP) is 1.37. The Morgan fingerprint density at radius 1 is 1.43 bits per heavy atom. The molecule has 2 aromatic rings. The molecular weight excluding hydrogens is 296 g/mol. The van der Waals surface area contributed by atoms with Crippen molar-refractivity contribution >= 4 is 23.5 Å². The summed E-state index contributed by atoms with van der Waals surface area (Å²) in [5.41, 5.74) is 1.24. The molecule has 0 spiro atoms. The number of hydrogen-bond acceptors (Lipinski definition) is 4. The number of aromatic carboxylic acids is 1. The number of halogens is 1. The van der Waals surface area contributed by atoms with Crippen LogP contribution in [0.3, 0.4) is 0 Å². The average Bonchev–Trinajstić information content (AvgIpc) is 2.91. The van der Waals surface area contributed by atoms with Crippen LogP contribution in [-0.4, -0.2) is 38.5 Å². The summed E-state index contributed by atoms with van der Waals surface area (Å²) in [7, 11) is 0. The lowest BCUT2D eigenvalue weighted by atomic mass is 10.1. The maximum absolute atomic E-state index is 11.9. The summed E-state index contributed by atoms with van der Waals surface area (Å²) >= 11 is 5.96. The van der Waals surface area contributed by atoms with Crippen molar-refractivity contribution in [1.29, 1.82) is 0 Å². The van der Waals surface area contributed by atoms with E-state index in [1.54, 1.807) is 18.2 Å². The summed E-state index contributed by atoms with van der Waals surface area (Å²) in [5, 5.41) is 19.1. The molecule has 8 heteroatoms. The van der Waals surface area contributed by atoms with Crippen LogP contribution < -0.4 is 5.32 Å². The molecule has 2 N–H and O–H groups in total. The number of benzene rings is 1. The van der Waals surface area contributed by atoms with Gasteiger partial charge in [0.05, 0.1) is 12.7 Å². The van der Waals surface area contributed by atoms with Crippen LogP contribution in [0.1, 0.15) is 26.4 Å². The number of carboxylic acids is 1. The number of nitrogens with one attached hydrogen (secondary N) is 1. The molecule has 0 bridgehead atoms. The van der Waals surface area contributed by atoms with Crippen molar-refractivity contribution < 1.29 is 14.7 Å². The lowest BCUT2D eigenvalue weighted by Gasteiger charge is -2.06. The van der Waals surface area contributed by atoms with Crippen molar-refractivity contribution in [2.45, 2.75) is 13.5 Å². The minimum absolute atomic E-state index is 0.133. The summed E-state index contributed by atoms with van der Waals surface area (Å²) < 4.78 is 1.35. The number of carboxylic acid groups (broad SMARTS) is 1. The smallest absolute Gasteiger partial charge is 0.358 e. The normalized spacial score (nSPS) is 10.4. The first-order valence-electron chi connectivity index (χ1n) is 6.15. The Morgan fingerprint density at radius 3 is 2.81 bits per heavy atom. The van der Waals surface area contributed by atoms with Gasteiger partial charge in [-0.2, -0.15) is 0 Å². The monoisotopic (exact) mass is 308 g/mol. The molecule has 0 saturated heterocycles. The molecule has 7 nitrogen and oxygen atoms in total. The molecule has 0 unspecified atom stereocenters. The minimum atomic E-state index is -1.14. The summed E-state index contributed by atoms with van der Waals surface area (Å²) in [6, 6.07) is 5.06. The van der Waals surface area contributed by atoms with E-state index in [2.05, 4.69) is 15.6 Å². The molecular formula is C13H13ClN4O3. The van der Waals surface area contributed by atoms with Crippen LogP contribution in [0, 0.1) is 6.92 Å². The van der Waals surface area contributed by atoms with E-state index < -0.39 is 5.97 Å². The molecule has 0 aliphatic heterocycles. The molecule has 1 amide bonds. The van der Waals surface area contributed by atoms with Crippen LogP contribution in [0.4, 0.5) is 0 Å². The van der Waals surface area contributed by atoms with Gasteiger partial charge in [0, 0.05) is 17.1 Å². The van der Waals surface area contributed by atoms with E-state index in [9.17, 15) is 9.59 Å². The number of rotatable bonds is 5. The Labute approximate surface area is 125 Å². The van der Waals surface area contributed by atoms with Gasteiger partial charge in [-0.25, -0.2) is 9.48 Å². The Balaban J connectivity index is 1.88. The molecule has 1 heterocycles. The summed E-state index contributed by atoms with van der Waals surface area (Å²) in [5.74, 6) is -1.39. The van der Waals surface area contributed by atoms with Crippen LogP contribution in [0.5, 0.6) is 0 Å². The van der Waals surface area contributed by atoms with Crippen LogP contribution in [-0.2, 0) is 6.54 Å². The van der Waals surface area contributed by atoms with E-state index in [1.807, 2.05) is 6.92 Å². The van der Waals surface area contributed by atoms with E-state index >= 15 is 0 Å². The summed E-state index contributed by atoms with van der Waals surface area (Å²) in [4.78, 5) is 22.5. The van der Waals surface area contributed by atoms with Crippen molar-refractivity contribution in [3.05, 3.63) is 46.2 Å². The van der Waals surface area contributed by atoms with Crippen molar-refractivity contribution in [1.82, 2.24) is 20.3 Å². The van der Waals surface area contributed by atoms with Crippen LogP contribution in [0.15, 0.2) is 24.4 Å². The zero-order valence-electron chi connectivity index (χ0n) is 11.2. The van der Waals surface area contributed by atoms with E-state index in [0.29, 0.717) is 23.7 Å². The molecule has 1 aromatic heterocycles. The molecule has 1 aromatic carbocycles. The fourth-order valence-electron chi connectivity index (χ4n) is 1.63. The topological polar surface area (TPSA) is 97.1 Å². The highest BCUT2D eigenvalue weighted by atomic mass is 35.5. The quantitative estimate of drug-likeness (QED) is 0.869. The second-order valence-electron chi connectivity index (χ2n) is 4.39. The molecule has 0 aliphatic carbocycles. The van der Waals surface area contributed by atoms with Gasteiger partial charge in [-0.15, -0.1) is 5.10 Å². The van der Waals surface area contributed by atoms with E-state index in [4.69, 9.17) is 16.7 Å². The number of nitrogens with zero attached hydrogens (tertiary/aromatic N) is 3. The third kappa shape index (κ3) is 3.79. The largest absolute Gasteiger partial charge is 0.476 e. The third-order valence-electron chi connectivity index (χ3n) is 2.82. The molecule has 0 radical (unpaired) electrons. The van der Waals surface area contributed by atoms with E-state index in [0.717, 1.165) is 5.56 Å². The maximum Gasteiger partial charge on any atom is 0.358 e. The third-order valence-corrected chi connectivity index (χ3v) is 3.23. The van der Waals surface area contributed by atoms with Gasteiger partial charge in [0.2, 0.25) is 0 Å². The molecule has 2 rings (SSSR count). The molecule has 21 heavy (non-hydrogen) atoms. The van der Waals surface area contributed by atoms with Crippen molar-refractivity contribution in [3.63, 3.8) is 0 Å². The predicted molar refractivity (Wildman–Crippen MR) is 75.5 cm³/mol. The zero-order chi connectivity index (χ0) is 15.4. The lowest BCUT2D eigenvalue weighted by Crippen LogP contribution is -2.27. The standard InChI is InChI=1S/C13H13ClN4O3/c1-8-2-3-9(6-10(8)14)12(19)15-4-5-18-7-11(13(20)21)16-17-18/h2-3,6-7H,4-5H2,1H3,(H,15,19)(H,20,21). The second kappa shape index (κ2) is 6.36. The van der Waals surface area contributed by atoms with Gasteiger partial charge in [0.25, 0.3) is 5.91 Å². The Morgan fingerprint density at radius 2 is 2.19 bits per heavy atom. The fraction of sp³-hybridized carbons (Fsp3) is 0.231. The number of amides is 1. The first kappa shape index (κ1) is 15.0. The number of hydrogen-bond donors (Lipinski definition) is 2. The Bertz CT molecular complexity index is 684. The van der Waals surface area contributed by atoms with Gasteiger partial charge in [-0.3, -0.25) is 4.79 Å². The van der Waals surface area contributed by atoms with Gasteiger partial charge >= 0.3 is 5.97 Å². The molecule has 0 fully saturated rings.